The van der Waals surface area contributed by atoms with Crippen molar-refractivity contribution in [3.63, 3.8) is 0 Å². The van der Waals surface area contributed by atoms with Crippen LogP contribution in [0, 0.1) is 12.3 Å². The summed E-state index contributed by atoms with van der Waals surface area (Å²) >= 11 is 3.41. The number of hydrogen-bond acceptors (Lipinski definition) is 3. The molecule has 0 spiro atoms. The molecule has 0 radical (unpaired) electrons. The number of aromatic nitrogens is 1. The van der Waals surface area contributed by atoms with Crippen LogP contribution in [0.2, 0.25) is 0 Å². The third-order valence-electron chi connectivity index (χ3n) is 2.11. The molecule has 1 heterocycles. The Balaban J connectivity index is 2.69. The van der Waals surface area contributed by atoms with Crippen molar-refractivity contribution in [1.82, 2.24) is 4.98 Å². The molecular formula is C10H15BrN4. The maximum absolute atomic E-state index is 7.15. The number of hydrogen-bond donors (Lipinski definition) is 2. The van der Waals surface area contributed by atoms with Crippen LogP contribution in [0.4, 0.5) is 5.82 Å². The first-order valence-electron chi connectivity index (χ1n) is 4.68. The van der Waals surface area contributed by atoms with E-state index in [4.69, 9.17) is 11.1 Å². The molecule has 0 aliphatic rings. The van der Waals surface area contributed by atoms with Crippen molar-refractivity contribution in [2.24, 2.45) is 5.73 Å². The number of anilines is 1. The fourth-order valence-corrected chi connectivity index (χ4v) is 1.37. The molecule has 1 aromatic heterocycles. The monoisotopic (exact) mass is 270 g/mol. The average molecular weight is 271 g/mol. The van der Waals surface area contributed by atoms with Crippen molar-refractivity contribution in [3.8, 4) is 0 Å². The van der Waals surface area contributed by atoms with E-state index in [1.165, 1.54) is 0 Å². The summed E-state index contributed by atoms with van der Waals surface area (Å²) in [6.45, 7) is 2.66. The number of halogens is 1. The highest BCUT2D eigenvalue weighted by atomic mass is 79.9. The number of pyridine rings is 1. The van der Waals surface area contributed by atoms with Gasteiger partial charge in [-0.05, 0) is 35.0 Å². The fraction of sp³-hybridized carbons (Fsp3) is 0.400. The van der Waals surface area contributed by atoms with Crippen LogP contribution < -0.4 is 10.6 Å². The molecule has 0 amide bonds. The summed E-state index contributed by atoms with van der Waals surface area (Å²) in [7, 11) is 1.94. The quantitative estimate of drug-likeness (QED) is 0.649. The van der Waals surface area contributed by atoms with E-state index in [1.54, 1.807) is 0 Å². The van der Waals surface area contributed by atoms with Crippen LogP contribution in [0.1, 0.15) is 12.1 Å². The third kappa shape index (κ3) is 3.51. The Hall–Kier alpha value is -1.10. The average Bonchev–Trinajstić information content (AvgIpc) is 2.18. The zero-order valence-corrected chi connectivity index (χ0v) is 10.5. The number of nitrogens with zero attached hydrogens (tertiary/aromatic N) is 2. The molecule has 0 saturated carbocycles. The molecule has 82 valence electrons. The predicted molar refractivity (Wildman–Crippen MR) is 66.5 cm³/mol. The molecular weight excluding hydrogens is 256 g/mol. The van der Waals surface area contributed by atoms with E-state index >= 15 is 0 Å². The zero-order valence-electron chi connectivity index (χ0n) is 8.92. The highest BCUT2D eigenvalue weighted by molar-refractivity contribution is 9.10. The lowest BCUT2D eigenvalue weighted by Gasteiger charge is -2.18. The smallest absolute Gasteiger partial charge is 0.128 e. The molecule has 5 heteroatoms. The topological polar surface area (TPSA) is 66.0 Å². The first-order chi connectivity index (χ1) is 7.00. The molecule has 0 aliphatic heterocycles. The van der Waals surface area contributed by atoms with Gasteiger partial charge in [0.15, 0.2) is 0 Å². The van der Waals surface area contributed by atoms with Gasteiger partial charge in [0, 0.05) is 24.5 Å². The maximum Gasteiger partial charge on any atom is 0.128 e. The van der Waals surface area contributed by atoms with Crippen molar-refractivity contribution in [2.75, 3.05) is 18.5 Å². The number of nitrogens with two attached hydrogens (primary N) is 1. The molecule has 0 bridgehead atoms. The Morgan fingerprint density at radius 2 is 2.27 bits per heavy atom. The van der Waals surface area contributed by atoms with Crippen LogP contribution in [0.3, 0.4) is 0 Å². The Labute approximate surface area is 98.1 Å². The summed E-state index contributed by atoms with van der Waals surface area (Å²) in [5.41, 5.74) is 6.26. The summed E-state index contributed by atoms with van der Waals surface area (Å²) in [5, 5.41) is 7.15. The van der Waals surface area contributed by atoms with Crippen molar-refractivity contribution in [2.45, 2.75) is 13.3 Å². The SMILES string of the molecule is Cc1nc(N(C)CCC(=N)N)ccc1Br. The predicted octanol–water partition coefficient (Wildman–Crippen LogP) is 1.91. The van der Waals surface area contributed by atoms with E-state index in [0.29, 0.717) is 13.0 Å². The Kier molecular flexibility index (Phi) is 4.08. The van der Waals surface area contributed by atoms with Crippen molar-refractivity contribution >= 4 is 27.6 Å². The van der Waals surface area contributed by atoms with Gasteiger partial charge in [-0.15, -0.1) is 0 Å². The van der Waals surface area contributed by atoms with Gasteiger partial charge in [-0.3, -0.25) is 5.41 Å². The second-order valence-corrected chi connectivity index (χ2v) is 4.29. The summed E-state index contributed by atoms with van der Waals surface area (Å²) < 4.78 is 1.01. The minimum absolute atomic E-state index is 0.204. The van der Waals surface area contributed by atoms with Gasteiger partial charge in [0.2, 0.25) is 0 Å². The van der Waals surface area contributed by atoms with Gasteiger partial charge in [0.25, 0.3) is 0 Å². The molecule has 0 aliphatic carbocycles. The van der Waals surface area contributed by atoms with Gasteiger partial charge in [-0.25, -0.2) is 4.98 Å². The summed E-state index contributed by atoms with van der Waals surface area (Å²) in [5.74, 6) is 1.10. The van der Waals surface area contributed by atoms with Crippen LogP contribution >= 0.6 is 15.9 Å². The molecule has 4 nitrogen and oxygen atoms in total. The zero-order chi connectivity index (χ0) is 11.4. The first-order valence-corrected chi connectivity index (χ1v) is 5.47. The van der Waals surface area contributed by atoms with Crippen LogP contribution in [0.15, 0.2) is 16.6 Å². The van der Waals surface area contributed by atoms with Crippen molar-refractivity contribution < 1.29 is 0 Å². The van der Waals surface area contributed by atoms with E-state index < -0.39 is 0 Å². The summed E-state index contributed by atoms with van der Waals surface area (Å²) in [4.78, 5) is 6.41. The van der Waals surface area contributed by atoms with E-state index in [-0.39, 0.29) is 5.84 Å². The first kappa shape index (κ1) is 12.0. The molecule has 0 unspecified atom stereocenters. The standard InChI is InChI=1S/C10H15BrN4/c1-7-8(11)3-4-10(14-7)15(2)6-5-9(12)13/h3-4H,5-6H2,1-2H3,(H3,12,13). The Morgan fingerprint density at radius 1 is 1.60 bits per heavy atom. The minimum Gasteiger partial charge on any atom is -0.388 e. The van der Waals surface area contributed by atoms with Crippen LogP contribution in [0.25, 0.3) is 0 Å². The largest absolute Gasteiger partial charge is 0.388 e. The van der Waals surface area contributed by atoms with Crippen LogP contribution in [-0.4, -0.2) is 24.4 Å². The minimum atomic E-state index is 0.204. The van der Waals surface area contributed by atoms with Gasteiger partial charge in [-0.1, -0.05) is 0 Å². The molecule has 1 aromatic rings. The highest BCUT2D eigenvalue weighted by Gasteiger charge is 2.04. The maximum atomic E-state index is 7.15. The van der Waals surface area contributed by atoms with Crippen LogP contribution in [0.5, 0.6) is 0 Å². The van der Waals surface area contributed by atoms with E-state index in [2.05, 4.69) is 20.9 Å². The molecule has 0 saturated heterocycles. The summed E-state index contributed by atoms with van der Waals surface area (Å²) in [6, 6.07) is 3.92. The lowest BCUT2D eigenvalue weighted by molar-refractivity contribution is 0.884. The number of rotatable bonds is 4. The Bertz CT molecular complexity index is 364. The lowest BCUT2D eigenvalue weighted by atomic mass is 10.3. The van der Waals surface area contributed by atoms with Crippen molar-refractivity contribution in [1.29, 1.82) is 5.41 Å². The highest BCUT2D eigenvalue weighted by Crippen LogP contribution is 2.18. The number of aryl methyl sites for hydroxylation is 1. The second-order valence-electron chi connectivity index (χ2n) is 3.43. The fourth-order valence-electron chi connectivity index (χ4n) is 1.15. The van der Waals surface area contributed by atoms with Gasteiger partial charge >= 0.3 is 0 Å². The van der Waals surface area contributed by atoms with E-state index in [1.807, 2.05) is 31.0 Å². The third-order valence-corrected chi connectivity index (χ3v) is 2.95. The molecule has 15 heavy (non-hydrogen) atoms. The normalized spacial score (nSPS) is 10.1. The molecule has 0 atom stereocenters. The molecule has 1 rings (SSSR count). The summed E-state index contributed by atoms with van der Waals surface area (Å²) in [6.07, 6.45) is 0.563. The molecule has 0 aromatic carbocycles. The van der Waals surface area contributed by atoms with E-state index in [9.17, 15) is 0 Å². The van der Waals surface area contributed by atoms with Gasteiger partial charge in [0.05, 0.1) is 11.5 Å². The van der Waals surface area contributed by atoms with Gasteiger partial charge in [-0.2, -0.15) is 0 Å². The van der Waals surface area contributed by atoms with Gasteiger partial charge < -0.3 is 10.6 Å². The number of nitrogens with one attached hydrogen (secondary N) is 1. The lowest BCUT2D eigenvalue weighted by Crippen LogP contribution is -2.24. The van der Waals surface area contributed by atoms with Crippen LogP contribution in [-0.2, 0) is 0 Å². The Morgan fingerprint density at radius 3 is 2.80 bits per heavy atom. The van der Waals surface area contributed by atoms with E-state index in [0.717, 1.165) is 16.0 Å². The second kappa shape index (κ2) is 5.11. The van der Waals surface area contributed by atoms with Crippen molar-refractivity contribution in [3.05, 3.63) is 22.3 Å². The molecule has 0 fully saturated rings. The van der Waals surface area contributed by atoms with Gasteiger partial charge in [0.1, 0.15) is 5.82 Å². The number of amidine groups is 1. The molecule has 3 N–H and O–H groups in total.